The van der Waals surface area contributed by atoms with Gasteiger partial charge in [-0.25, -0.2) is 0 Å². The third-order valence-corrected chi connectivity index (χ3v) is 4.96. The summed E-state index contributed by atoms with van der Waals surface area (Å²) >= 11 is 0. The van der Waals surface area contributed by atoms with Crippen molar-refractivity contribution in [3.8, 4) is 24.3 Å². The fraction of sp³-hybridized carbons (Fsp3) is 0. The van der Waals surface area contributed by atoms with E-state index >= 15 is 0 Å². The standard InChI is InChI=1S/C30H18N4/c31-19-26(20-32)29(25-16-8-3-9-17-25)30(27(21-33)22-34)28(24-14-6-2-7-15-24)18-10-13-23-11-4-1-5-12-23/h1-18H/b13-10+,28-18?. The van der Waals surface area contributed by atoms with Crippen molar-refractivity contribution >= 4 is 17.2 Å². The van der Waals surface area contributed by atoms with Gasteiger partial charge in [-0.2, -0.15) is 21.0 Å². The van der Waals surface area contributed by atoms with Crippen molar-refractivity contribution in [3.05, 3.63) is 137 Å². The first-order valence-corrected chi connectivity index (χ1v) is 10.4. The zero-order valence-electron chi connectivity index (χ0n) is 18.2. The van der Waals surface area contributed by atoms with Gasteiger partial charge in [0.1, 0.15) is 35.4 Å². The van der Waals surface area contributed by atoms with Crippen LogP contribution in [0.1, 0.15) is 16.7 Å². The van der Waals surface area contributed by atoms with E-state index in [-0.39, 0.29) is 22.3 Å². The highest BCUT2D eigenvalue weighted by Gasteiger charge is 2.23. The SMILES string of the molecule is N#CC(C#N)=C(C(=C/C=C/c1ccccc1)c1ccccc1)C(=C(C#N)C#N)c1ccccc1. The van der Waals surface area contributed by atoms with Crippen LogP contribution in [0.3, 0.4) is 0 Å². The van der Waals surface area contributed by atoms with Crippen LogP contribution in [-0.4, -0.2) is 0 Å². The van der Waals surface area contributed by atoms with Gasteiger partial charge >= 0.3 is 0 Å². The zero-order chi connectivity index (χ0) is 24.2. The normalized spacial score (nSPS) is 10.3. The molecule has 158 valence electrons. The van der Waals surface area contributed by atoms with Crippen LogP contribution in [0.5, 0.6) is 0 Å². The molecule has 0 aliphatic carbocycles. The third-order valence-electron chi connectivity index (χ3n) is 4.96. The Hall–Kier alpha value is -5.42. The average Bonchev–Trinajstić information content (AvgIpc) is 2.91. The van der Waals surface area contributed by atoms with Crippen LogP contribution < -0.4 is 0 Å². The molecule has 0 N–H and O–H groups in total. The summed E-state index contributed by atoms with van der Waals surface area (Å²) in [5.41, 5.74) is 2.93. The lowest BCUT2D eigenvalue weighted by atomic mass is 9.83. The van der Waals surface area contributed by atoms with E-state index in [9.17, 15) is 21.0 Å². The summed E-state index contributed by atoms with van der Waals surface area (Å²) in [7, 11) is 0. The molecule has 4 nitrogen and oxygen atoms in total. The van der Waals surface area contributed by atoms with Crippen molar-refractivity contribution in [3.63, 3.8) is 0 Å². The van der Waals surface area contributed by atoms with E-state index in [1.807, 2.05) is 103 Å². The van der Waals surface area contributed by atoms with Crippen LogP contribution in [0.15, 0.2) is 120 Å². The Bertz CT molecular complexity index is 1410. The van der Waals surface area contributed by atoms with E-state index in [0.29, 0.717) is 11.1 Å². The first-order chi connectivity index (χ1) is 16.7. The fourth-order valence-corrected chi connectivity index (χ4v) is 3.45. The highest BCUT2D eigenvalue weighted by molar-refractivity contribution is 6.03. The van der Waals surface area contributed by atoms with Gasteiger partial charge < -0.3 is 0 Å². The Balaban J connectivity index is 2.38. The molecule has 0 fully saturated rings. The largest absolute Gasteiger partial charge is 0.192 e. The summed E-state index contributed by atoms with van der Waals surface area (Å²) in [6.45, 7) is 0. The molecule has 3 aromatic rings. The lowest BCUT2D eigenvalue weighted by molar-refractivity contribution is 1.41. The maximum absolute atomic E-state index is 9.85. The summed E-state index contributed by atoms with van der Waals surface area (Å²) in [5, 5.41) is 39.2. The Morgan fingerprint density at radius 1 is 0.559 bits per heavy atom. The molecule has 3 aromatic carbocycles. The van der Waals surface area contributed by atoms with Gasteiger partial charge in [0, 0.05) is 11.1 Å². The maximum atomic E-state index is 9.85. The van der Waals surface area contributed by atoms with Crippen molar-refractivity contribution < 1.29 is 0 Å². The Kier molecular flexibility index (Phi) is 8.09. The molecule has 4 heteroatoms. The van der Waals surface area contributed by atoms with Crippen molar-refractivity contribution in [2.45, 2.75) is 0 Å². The molecule has 0 aliphatic heterocycles. The lowest BCUT2D eigenvalue weighted by Gasteiger charge is -2.17. The minimum Gasteiger partial charge on any atom is -0.192 e. The lowest BCUT2D eigenvalue weighted by Crippen LogP contribution is -2.01. The van der Waals surface area contributed by atoms with Gasteiger partial charge in [-0.3, -0.25) is 0 Å². The Morgan fingerprint density at radius 3 is 1.53 bits per heavy atom. The number of hydrogen-bond donors (Lipinski definition) is 0. The summed E-state index contributed by atoms with van der Waals surface area (Å²) in [6, 6.07) is 35.7. The summed E-state index contributed by atoms with van der Waals surface area (Å²) in [6.07, 6.45) is 5.52. The van der Waals surface area contributed by atoms with E-state index < -0.39 is 0 Å². The predicted molar refractivity (Wildman–Crippen MR) is 133 cm³/mol. The molecule has 0 saturated carbocycles. The summed E-state index contributed by atoms with van der Waals surface area (Å²) < 4.78 is 0. The maximum Gasteiger partial charge on any atom is 0.138 e. The molecule has 34 heavy (non-hydrogen) atoms. The van der Waals surface area contributed by atoms with E-state index in [0.717, 1.165) is 11.1 Å². The van der Waals surface area contributed by atoms with E-state index in [4.69, 9.17) is 0 Å². The summed E-state index contributed by atoms with van der Waals surface area (Å²) in [4.78, 5) is 0. The molecule has 0 atom stereocenters. The van der Waals surface area contributed by atoms with Crippen LogP contribution in [0, 0.1) is 45.3 Å². The molecular weight excluding hydrogens is 416 g/mol. The van der Waals surface area contributed by atoms with Crippen molar-refractivity contribution in [1.29, 1.82) is 21.0 Å². The molecule has 0 aliphatic rings. The third kappa shape index (κ3) is 5.43. The van der Waals surface area contributed by atoms with Gasteiger partial charge in [0.2, 0.25) is 0 Å². The Morgan fingerprint density at radius 2 is 1.03 bits per heavy atom. The highest BCUT2D eigenvalue weighted by atomic mass is 14.3. The smallest absolute Gasteiger partial charge is 0.138 e. The van der Waals surface area contributed by atoms with Crippen molar-refractivity contribution in [2.75, 3.05) is 0 Å². The molecule has 0 aromatic heterocycles. The van der Waals surface area contributed by atoms with Crippen molar-refractivity contribution in [2.24, 2.45) is 0 Å². The molecule has 3 rings (SSSR count). The molecule has 0 radical (unpaired) electrons. The number of allylic oxidation sites excluding steroid dienone is 7. The minimum atomic E-state index is -0.190. The molecule has 0 heterocycles. The first-order valence-electron chi connectivity index (χ1n) is 10.4. The van der Waals surface area contributed by atoms with Gasteiger partial charge in [0.05, 0.1) is 0 Å². The average molecular weight is 435 g/mol. The molecule has 0 saturated heterocycles. The van der Waals surface area contributed by atoms with Crippen LogP contribution in [-0.2, 0) is 0 Å². The Labute approximate surface area is 199 Å². The van der Waals surface area contributed by atoms with E-state index in [2.05, 4.69) is 0 Å². The number of benzene rings is 3. The van der Waals surface area contributed by atoms with Crippen LogP contribution in [0.2, 0.25) is 0 Å². The quantitative estimate of drug-likeness (QED) is 0.321. The molecule has 0 spiro atoms. The highest BCUT2D eigenvalue weighted by Crippen LogP contribution is 2.38. The minimum absolute atomic E-state index is 0.182. The van der Waals surface area contributed by atoms with E-state index in [1.165, 1.54) is 0 Å². The molecule has 0 bridgehead atoms. The van der Waals surface area contributed by atoms with Crippen LogP contribution in [0.25, 0.3) is 17.2 Å². The first kappa shape index (κ1) is 23.2. The predicted octanol–water partition coefficient (Wildman–Crippen LogP) is 6.63. The second-order valence-electron chi connectivity index (χ2n) is 7.03. The molecular formula is C30H18N4. The van der Waals surface area contributed by atoms with Crippen molar-refractivity contribution in [1.82, 2.24) is 0 Å². The zero-order valence-corrected chi connectivity index (χ0v) is 18.2. The van der Waals surface area contributed by atoms with Gasteiger partial charge in [0.15, 0.2) is 0 Å². The fourth-order valence-electron chi connectivity index (χ4n) is 3.45. The van der Waals surface area contributed by atoms with E-state index in [1.54, 1.807) is 30.3 Å². The second kappa shape index (κ2) is 11.8. The monoisotopic (exact) mass is 434 g/mol. The number of nitriles is 4. The van der Waals surface area contributed by atoms with Crippen LogP contribution >= 0.6 is 0 Å². The summed E-state index contributed by atoms with van der Waals surface area (Å²) in [5.74, 6) is 0. The molecule has 0 unspecified atom stereocenters. The van der Waals surface area contributed by atoms with Gasteiger partial charge in [-0.15, -0.1) is 0 Å². The second-order valence-corrected chi connectivity index (χ2v) is 7.03. The number of hydrogen-bond acceptors (Lipinski definition) is 4. The van der Waals surface area contributed by atoms with Crippen LogP contribution in [0.4, 0.5) is 0 Å². The van der Waals surface area contributed by atoms with Gasteiger partial charge in [0.25, 0.3) is 0 Å². The van der Waals surface area contributed by atoms with Gasteiger partial charge in [-0.1, -0.05) is 109 Å². The number of rotatable bonds is 6. The topological polar surface area (TPSA) is 95.2 Å². The molecule has 0 amide bonds. The number of nitrogens with zero attached hydrogens (tertiary/aromatic N) is 4. The van der Waals surface area contributed by atoms with Gasteiger partial charge in [-0.05, 0) is 22.3 Å².